The minimum absolute atomic E-state index is 0.0546. The van der Waals surface area contributed by atoms with Crippen LogP contribution in [0.25, 0.3) is 0 Å². The minimum Gasteiger partial charge on any atom is -0.385 e. The molecule has 1 atom stereocenters. The maximum absolute atomic E-state index is 11.6. The van der Waals surface area contributed by atoms with Gasteiger partial charge in [-0.15, -0.1) is 0 Å². The maximum atomic E-state index is 11.6. The lowest BCUT2D eigenvalue weighted by atomic mass is 10.1. The second kappa shape index (κ2) is 10.9. The number of amides is 1. The summed E-state index contributed by atoms with van der Waals surface area (Å²) in [6.07, 6.45) is 3.21. The normalized spacial score (nSPS) is 12.4. The largest absolute Gasteiger partial charge is 0.385 e. The van der Waals surface area contributed by atoms with Crippen LogP contribution in [0.15, 0.2) is 0 Å². The standard InChI is InChI=1S/C12H26N2O2/c1-4-13-10-11(2)12(15)14-8-6-5-7-9-16-3/h11,13H,4-10H2,1-3H3,(H,14,15). The first-order valence-corrected chi connectivity index (χ1v) is 6.19. The summed E-state index contributed by atoms with van der Waals surface area (Å²) in [6.45, 7) is 7.24. The first-order valence-electron chi connectivity index (χ1n) is 6.19. The number of carbonyl (C=O) groups is 1. The van der Waals surface area contributed by atoms with Gasteiger partial charge < -0.3 is 15.4 Å². The van der Waals surface area contributed by atoms with Crippen LogP contribution >= 0.6 is 0 Å². The van der Waals surface area contributed by atoms with Crippen LogP contribution in [0.5, 0.6) is 0 Å². The third-order valence-corrected chi connectivity index (χ3v) is 2.47. The Bertz CT molecular complexity index is 174. The molecule has 0 aliphatic rings. The fourth-order valence-electron chi connectivity index (χ4n) is 1.39. The van der Waals surface area contributed by atoms with Gasteiger partial charge in [0.15, 0.2) is 0 Å². The molecule has 0 aliphatic carbocycles. The van der Waals surface area contributed by atoms with Gasteiger partial charge >= 0.3 is 0 Å². The van der Waals surface area contributed by atoms with Gasteiger partial charge in [-0.1, -0.05) is 13.8 Å². The summed E-state index contributed by atoms with van der Waals surface area (Å²) < 4.78 is 4.96. The molecule has 0 heterocycles. The molecular formula is C12H26N2O2. The lowest BCUT2D eigenvalue weighted by Gasteiger charge is -2.12. The Kier molecular flexibility index (Phi) is 10.5. The topological polar surface area (TPSA) is 50.4 Å². The Hall–Kier alpha value is -0.610. The molecule has 0 fully saturated rings. The molecule has 0 aromatic rings. The second-order valence-electron chi connectivity index (χ2n) is 4.05. The zero-order valence-electron chi connectivity index (χ0n) is 10.8. The summed E-state index contributed by atoms with van der Waals surface area (Å²) in [5.74, 6) is 0.201. The van der Waals surface area contributed by atoms with Gasteiger partial charge in [-0.3, -0.25) is 4.79 Å². The lowest BCUT2D eigenvalue weighted by molar-refractivity contribution is -0.124. The van der Waals surface area contributed by atoms with Crippen LogP contribution in [0.1, 0.15) is 33.1 Å². The van der Waals surface area contributed by atoms with E-state index in [0.717, 1.165) is 45.5 Å². The van der Waals surface area contributed by atoms with Crippen molar-refractivity contribution < 1.29 is 9.53 Å². The molecule has 0 rings (SSSR count). The van der Waals surface area contributed by atoms with Gasteiger partial charge in [0.25, 0.3) is 0 Å². The molecule has 0 spiro atoms. The number of methoxy groups -OCH3 is 1. The molecule has 1 unspecified atom stereocenters. The number of rotatable bonds is 10. The third-order valence-electron chi connectivity index (χ3n) is 2.47. The van der Waals surface area contributed by atoms with E-state index in [9.17, 15) is 4.79 Å². The van der Waals surface area contributed by atoms with Crippen molar-refractivity contribution in [3.8, 4) is 0 Å². The van der Waals surface area contributed by atoms with Crippen LogP contribution in [0, 0.1) is 5.92 Å². The molecule has 0 radical (unpaired) electrons. The van der Waals surface area contributed by atoms with E-state index in [1.165, 1.54) is 0 Å². The predicted molar refractivity (Wildman–Crippen MR) is 66.4 cm³/mol. The number of carbonyl (C=O) groups excluding carboxylic acids is 1. The van der Waals surface area contributed by atoms with Gasteiger partial charge in [0.1, 0.15) is 0 Å². The Morgan fingerprint density at radius 1 is 1.31 bits per heavy atom. The molecule has 4 heteroatoms. The monoisotopic (exact) mass is 230 g/mol. The van der Waals surface area contributed by atoms with E-state index < -0.39 is 0 Å². The summed E-state index contributed by atoms with van der Waals surface area (Å²) in [7, 11) is 1.71. The predicted octanol–water partition coefficient (Wildman–Crippen LogP) is 1.16. The Labute approximate surface area is 99.1 Å². The second-order valence-corrected chi connectivity index (χ2v) is 4.05. The van der Waals surface area contributed by atoms with Crippen molar-refractivity contribution in [1.82, 2.24) is 10.6 Å². The molecule has 0 aliphatic heterocycles. The Morgan fingerprint density at radius 3 is 2.69 bits per heavy atom. The van der Waals surface area contributed by atoms with E-state index in [4.69, 9.17) is 4.74 Å². The van der Waals surface area contributed by atoms with E-state index in [1.807, 2.05) is 13.8 Å². The summed E-state index contributed by atoms with van der Waals surface area (Å²) in [5.41, 5.74) is 0. The van der Waals surface area contributed by atoms with E-state index in [-0.39, 0.29) is 11.8 Å². The number of hydrogen-bond donors (Lipinski definition) is 2. The number of hydrogen-bond acceptors (Lipinski definition) is 3. The number of unbranched alkanes of at least 4 members (excludes halogenated alkanes) is 2. The van der Waals surface area contributed by atoms with Crippen molar-refractivity contribution >= 4 is 5.91 Å². The fraction of sp³-hybridized carbons (Fsp3) is 0.917. The van der Waals surface area contributed by atoms with Gasteiger partial charge in [0, 0.05) is 32.7 Å². The van der Waals surface area contributed by atoms with Gasteiger partial charge in [-0.2, -0.15) is 0 Å². The SMILES string of the molecule is CCNCC(C)C(=O)NCCCCCOC. The molecule has 4 nitrogen and oxygen atoms in total. The molecule has 0 aromatic heterocycles. The molecule has 96 valence electrons. The third kappa shape index (κ3) is 8.68. The first-order chi connectivity index (χ1) is 7.72. The Morgan fingerprint density at radius 2 is 2.06 bits per heavy atom. The molecule has 0 saturated carbocycles. The van der Waals surface area contributed by atoms with Crippen LogP contribution in [0.2, 0.25) is 0 Å². The zero-order valence-corrected chi connectivity index (χ0v) is 10.8. The van der Waals surface area contributed by atoms with Gasteiger partial charge in [0.05, 0.1) is 0 Å². The highest BCUT2D eigenvalue weighted by atomic mass is 16.5. The van der Waals surface area contributed by atoms with Gasteiger partial charge in [-0.25, -0.2) is 0 Å². The number of nitrogens with one attached hydrogen (secondary N) is 2. The van der Waals surface area contributed by atoms with Crippen molar-refractivity contribution in [2.24, 2.45) is 5.92 Å². The van der Waals surface area contributed by atoms with Crippen molar-refractivity contribution in [2.45, 2.75) is 33.1 Å². The summed E-state index contributed by atoms with van der Waals surface area (Å²) in [5, 5.41) is 6.12. The van der Waals surface area contributed by atoms with E-state index in [1.54, 1.807) is 7.11 Å². The average molecular weight is 230 g/mol. The van der Waals surface area contributed by atoms with E-state index >= 15 is 0 Å². The van der Waals surface area contributed by atoms with Gasteiger partial charge in [-0.05, 0) is 25.8 Å². The van der Waals surface area contributed by atoms with E-state index in [0.29, 0.717) is 0 Å². The quantitative estimate of drug-likeness (QED) is 0.554. The number of ether oxygens (including phenoxy) is 1. The summed E-state index contributed by atoms with van der Waals surface area (Å²) >= 11 is 0. The van der Waals surface area contributed by atoms with Crippen LogP contribution in [0.3, 0.4) is 0 Å². The molecule has 0 bridgehead atoms. The molecule has 2 N–H and O–H groups in total. The molecule has 0 saturated heterocycles. The van der Waals surface area contributed by atoms with Crippen molar-refractivity contribution in [3.05, 3.63) is 0 Å². The minimum atomic E-state index is 0.0546. The highest BCUT2D eigenvalue weighted by Gasteiger charge is 2.10. The maximum Gasteiger partial charge on any atom is 0.224 e. The molecule has 16 heavy (non-hydrogen) atoms. The Balaban J connectivity index is 3.35. The molecule has 0 aromatic carbocycles. The summed E-state index contributed by atoms with van der Waals surface area (Å²) in [6, 6.07) is 0. The summed E-state index contributed by atoms with van der Waals surface area (Å²) in [4.78, 5) is 11.6. The first kappa shape index (κ1) is 15.4. The molecular weight excluding hydrogens is 204 g/mol. The van der Waals surface area contributed by atoms with Gasteiger partial charge in [0.2, 0.25) is 5.91 Å². The van der Waals surface area contributed by atoms with E-state index in [2.05, 4.69) is 10.6 Å². The molecule has 1 amide bonds. The van der Waals surface area contributed by atoms with Crippen LogP contribution in [-0.2, 0) is 9.53 Å². The van der Waals surface area contributed by atoms with Crippen LogP contribution in [-0.4, -0.2) is 39.3 Å². The fourth-order valence-corrected chi connectivity index (χ4v) is 1.39. The van der Waals surface area contributed by atoms with Crippen LogP contribution in [0.4, 0.5) is 0 Å². The highest BCUT2D eigenvalue weighted by Crippen LogP contribution is 1.96. The average Bonchev–Trinajstić information content (AvgIpc) is 2.30. The zero-order chi connectivity index (χ0) is 12.2. The van der Waals surface area contributed by atoms with Crippen LogP contribution < -0.4 is 10.6 Å². The smallest absolute Gasteiger partial charge is 0.224 e. The van der Waals surface area contributed by atoms with Crippen molar-refractivity contribution in [2.75, 3.05) is 33.4 Å². The van der Waals surface area contributed by atoms with Crippen molar-refractivity contribution in [1.29, 1.82) is 0 Å². The highest BCUT2D eigenvalue weighted by molar-refractivity contribution is 5.78. The van der Waals surface area contributed by atoms with Crippen molar-refractivity contribution in [3.63, 3.8) is 0 Å². The lowest BCUT2D eigenvalue weighted by Crippen LogP contribution is -2.35.